The maximum atomic E-state index is 12.6. The number of carbonyl (C=O) groups is 1. The van der Waals surface area contributed by atoms with Gasteiger partial charge in [0.2, 0.25) is 0 Å². The van der Waals surface area contributed by atoms with Crippen molar-refractivity contribution in [3.63, 3.8) is 0 Å². The Balaban J connectivity index is 0. The summed E-state index contributed by atoms with van der Waals surface area (Å²) in [6.45, 7) is 16.7. The SMILES string of the molecule is CC.CCCCCCCCCCCCCCC(CCCCCCCCCCCCCC)OC(=O)NCCCOC(C)CCOC(C)C. The molecule has 5 heteroatoms. The highest BCUT2D eigenvalue weighted by Crippen LogP contribution is 2.18. The maximum Gasteiger partial charge on any atom is 0.407 e. The van der Waals surface area contributed by atoms with Gasteiger partial charge in [0.1, 0.15) is 6.10 Å². The fourth-order valence-electron chi connectivity index (χ4n) is 5.98. The molecule has 0 bridgehead atoms. The van der Waals surface area contributed by atoms with Crippen molar-refractivity contribution in [2.75, 3.05) is 19.8 Å². The van der Waals surface area contributed by atoms with Gasteiger partial charge in [0.05, 0.1) is 12.2 Å². The number of nitrogens with one attached hydrogen (secondary N) is 1. The molecule has 1 N–H and O–H groups in total. The Bertz CT molecular complexity index is 557. The van der Waals surface area contributed by atoms with Crippen LogP contribution in [-0.4, -0.2) is 44.2 Å². The second-order valence-corrected chi connectivity index (χ2v) is 14.1. The van der Waals surface area contributed by atoms with Crippen molar-refractivity contribution in [1.29, 1.82) is 0 Å². The van der Waals surface area contributed by atoms with Crippen LogP contribution in [0.25, 0.3) is 0 Å². The van der Waals surface area contributed by atoms with E-state index in [1.54, 1.807) is 0 Å². The van der Waals surface area contributed by atoms with E-state index in [0.717, 1.165) is 32.3 Å². The summed E-state index contributed by atoms with van der Waals surface area (Å²) in [6, 6.07) is 0. The smallest absolute Gasteiger partial charge is 0.407 e. The summed E-state index contributed by atoms with van der Waals surface area (Å²) in [5.41, 5.74) is 0. The Labute approximate surface area is 296 Å². The number of hydrogen-bond acceptors (Lipinski definition) is 4. The van der Waals surface area contributed by atoms with Crippen LogP contribution in [0.5, 0.6) is 0 Å². The standard InChI is InChI=1S/C40H81NO4.C2H6/c1-6-8-10-12-14-16-18-20-22-24-26-28-31-39(32-29-27-25-23-21-19-17-15-13-11-9-7-2)45-40(42)41-34-30-35-44-38(5)33-36-43-37(3)4;1-2/h37-39H,6-36H2,1-5H3,(H,41,42);1-2H3. The first-order valence-electron chi connectivity index (χ1n) is 21.2. The molecule has 0 fully saturated rings. The molecular weight excluding hydrogens is 582 g/mol. The van der Waals surface area contributed by atoms with E-state index in [1.165, 1.54) is 154 Å². The van der Waals surface area contributed by atoms with Crippen LogP contribution < -0.4 is 5.32 Å². The summed E-state index contributed by atoms with van der Waals surface area (Å²) in [5.74, 6) is 0. The number of ether oxygens (including phenoxy) is 3. The van der Waals surface area contributed by atoms with Crippen LogP contribution in [0.3, 0.4) is 0 Å². The highest BCUT2D eigenvalue weighted by molar-refractivity contribution is 5.67. The normalized spacial score (nSPS) is 11.9. The Kier molecular flexibility index (Phi) is 42.5. The van der Waals surface area contributed by atoms with E-state index in [2.05, 4.69) is 39.9 Å². The van der Waals surface area contributed by atoms with Gasteiger partial charge in [0.25, 0.3) is 0 Å². The zero-order chi connectivity index (χ0) is 35.1. The van der Waals surface area contributed by atoms with Crippen molar-refractivity contribution in [2.24, 2.45) is 0 Å². The van der Waals surface area contributed by atoms with Gasteiger partial charge in [-0.1, -0.05) is 169 Å². The quantitative estimate of drug-likeness (QED) is 0.0675. The molecule has 0 aromatic carbocycles. The average molecular weight is 670 g/mol. The fraction of sp³-hybridized carbons (Fsp3) is 0.976. The zero-order valence-electron chi connectivity index (χ0n) is 33.3. The Morgan fingerprint density at radius 2 is 0.872 bits per heavy atom. The summed E-state index contributed by atoms with van der Waals surface area (Å²) < 4.78 is 17.4. The summed E-state index contributed by atoms with van der Waals surface area (Å²) in [7, 11) is 0. The molecule has 0 aliphatic heterocycles. The molecular formula is C42H87NO4. The molecule has 0 rings (SSSR count). The van der Waals surface area contributed by atoms with Crippen molar-refractivity contribution in [2.45, 2.75) is 247 Å². The van der Waals surface area contributed by atoms with Crippen molar-refractivity contribution < 1.29 is 19.0 Å². The van der Waals surface area contributed by atoms with Gasteiger partial charge >= 0.3 is 6.09 Å². The molecule has 0 aliphatic carbocycles. The third-order valence-corrected chi connectivity index (χ3v) is 9.00. The van der Waals surface area contributed by atoms with Gasteiger partial charge in [-0.25, -0.2) is 4.79 Å². The number of hydrogen-bond donors (Lipinski definition) is 1. The molecule has 0 aliphatic rings. The lowest BCUT2D eigenvalue weighted by molar-refractivity contribution is 0.0151. The van der Waals surface area contributed by atoms with Gasteiger partial charge in [-0.15, -0.1) is 0 Å². The minimum absolute atomic E-state index is 0.0495. The van der Waals surface area contributed by atoms with Crippen LogP contribution in [0, 0.1) is 0 Å². The topological polar surface area (TPSA) is 56.8 Å². The van der Waals surface area contributed by atoms with Gasteiger partial charge < -0.3 is 19.5 Å². The molecule has 0 heterocycles. The first-order valence-corrected chi connectivity index (χ1v) is 21.2. The van der Waals surface area contributed by atoms with Crippen LogP contribution in [-0.2, 0) is 14.2 Å². The number of rotatable bonds is 36. The lowest BCUT2D eigenvalue weighted by atomic mass is 10.0. The van der Waals surface area contributed by atoms with E-state index < -0.39 is 0 Å². The molecule has 0 saturated carbocycles. The van der Waals surface area contributed by atoms with Crippen LogP contribution in [0.4, 0.5) is 4.79 Å². The second-order valence-electron chi connectivity index (χ2n) is 14.1. The lowest BCUT2D eigenvalue weighted by Crippen LogP contribution is -2.30. The Hall–Kier alpha value is -0.810. The molecule has 0 saturated heterocycles. The van der Waals surface area contributed by atoms with Crippen LogP contribution in [0.2, 0.25) is 0 Å². The van der Waals surface area contributed by atoms with Crippen molar-refractivity contribution in [1.82, 2.24) is 5.32 Å². The average Bonchev–Trinajstić information content (AvgIpc) is 3.06. The van der Waals surface area contributed by atoms with E-state index in [9.17, 15) is 4.79 Å². The molecule has 47 heavy (non-hydrogen) atoms. The molecule has 1 amide bonds. The van der Waals surface area contributed by atoms with E-state index in [0.29, 0.717) is 13.2 Å². The summed E-state index contributed by atoms with van der Waals surface area (Å²) >= 11 is 0. The molecule has 0 aromatic heterocycles. The lowest BCUT2D eigenvalue weighted by Gasteiger charge is -2.19. The summed E-state index contributed by atoms with van der Waals surface area (Å²) in [5, 5.41) is 2.97. The number of carbonyl (C=O) groups excluding carboxylic acids is 1. The van der Waals surface area contributed by atoms with Crippen LogP contribution >= 0.6 is 0 Å². The van der Waals surface area contributed by atoms with Crippen molar-refractivity contribution >= 4 is 6.09 Å². The van der Waals surface area contributed by atoms with E-state index in [4.69, 9.17) is 14.2 Å². The predicted octanol–water partition coefficient (Wildman–Crippen LogP) is 13.9. The molecule has 1 atom stereocenters. The monoisotopic (exact) mass is 670 g/mol. The summed E-state index contributed by atoms with van der Waals surface area (Å²) in [4.78, 5) is 12.6. The molecule has 0 aromatic rings. The summed E-state index contributed by atoms with van der Waals surface area (Å²) in [6.07, 6.45) is 36.4. The predicted molar refractivity (Wildman–Crippen MR) is 207 cm³/mol. The van der Waals surface area contributed by atoms with Gasteiger partial charge in [-0.05, 0) is 59.3 Å². The maximum absolute atomic E-state index is 12.6. The zero-order valence-corrected chi connectivity index (χ0v) is 33.3. The number of alkyl carbamates (subject to hydrolysis) is 1. The largest absolute Gasteiger partial charge is 0.446 e. The van der Waals surface area contributed by atoms with Gasteiger partial charge in [0, 0.05) is 19.8 Å². The first kappa shape index (κ1) is 48.3. The molecule has 0 radical (unpaired) electrons. The molecule has 0 spiro atoms. The number of amides is 1. The van der Waals surface area contributed by atoms with Gasteiger partial charge in [-0.3, -0.25) is 0 Å². The minimum atomic E-state index is -0.253. The second kappa shape index (κ2) is 41.4. The van der Waals surface area contributed by atoms with E-state index in [1.807, 2.05) is 13.8 Å². The third kappa shape index (κ3) is 41.3. The van der Waals surface area contributed by atoms with E-state index >= 15 is 0 Å². The highest BCUT2D eigenvalue weighted by atomic mass is 16.6. The Morgan fingerprint density at radius 1 is 0.489 bits per heavy atom. The third-order valence-electron chi connectivity index (χ3n) is 9.00. The van der Waals surface area contributed by atoms with E-state index in [-0.39, 0.29) is 24.4 Å². The number of unbranched alkanes of at least 4 members (excludes halogenated alkanes) is 22. The molecule has 284 valence electrons. The minimum Gasteiger partial charge on any atom is -0.446 e. The first-order chi connectivity index (χ1) is 23.0. The Morgan fingerprint density at radius 3 is 1.26 bits per heavy atom. The van der Waals surface area contributed by atoms with Crippen molar-refractivity contribution in [3.8, 4) is 0 Å². The van der Waals surface area contributed by atoms with Crippen LogP contribution in [0.1, 0.15) is 228 Å². The van der Waals surface area contributed by atoms with Gasteiger partial charge in [0.15, 0.2) is 0 Å². The highest BCUT2D eigenvalue weighted by Gasteiger charge is 2.14. The van der Waals surface area contributed by atoms with Gasteiger partial charge in [-0.2, -0.15) is 0 Å². The fourth-order valence-corrected chi connectivity index (χ4v) is 5.98. The molecule has 1 unspecified atom stereocenters. The van der Waals surface area contributed by atoms with Crippen LogP contribution in [0.15, 0.2) is 0 Å². The van der Waals surface area contributed by atoms with Crippen molar-refractivity contribution in [3.05, 3.63) is 0 Å². The molecule has 5 nitrogen and oxygen atoms in total.